The fraction of sp³-hybridized carbons (Fsp3) is 0.571. The fourth-order valence-corrected chi connectivity index (χ4v) is 1.97. The molecule has 2 N–H and O–H groups in total. The first kappa shape index (κ1) is 14.0. The number of aliphatic hydroxyl groups is 1. The zero-order valence-electron chi connectivity index (χ0n) is 12.0. The Labute approximate surface area is 113 Å². The maximum Gasteiger partial charge on any atom is 0.157 e. The molecule has 0 aliphatic carbocycles. The molecule has 0 aromatic carbocycles. The summed E-state index contributed by atoms with van der Waals surface area (Å²) in [5.41, 5.74) is 1.32. The Morgan fingerprint density at radius 3 is 2.74 bits per heavy atom. The lowest BCUT2D eigenvalue weighted by atomic mass is 10.1. The van der Waals surface area contributed by atoms with Gasteiger partial charge in [-0.2, -0.15) is 5.10 Å². The van der Waals surface area contributed by atoms with Gasteiger partial charge in [0.15, 0.2) is 5.65 Å². The van der Waals surface area contributed by atoms with Crippen LogP contribution >= 0.6 is 0 Å². The Morgan fingerprint density at radius 2 is 2.11 bits per heavy atom. The Hall–Kier alpha value is -1.46. The first-order valence-corrected chi connectivity index (χ1v) is 6.62. The van der Waals surface area contributed by atoms with Crippen LogP contribution in [0.25, 0.3) is 11.0 Å². The van der Waals surface area contributed by atoms with Crippen LogP contribution in [0.2, 0.25) is 0 Å². The van der Waals surface area contributed by atoms with Crippen molar-refractivity contribution in [1.82, 2.24) is 20.1 Å². The third-order valence-electron chi connectivity index (χ3n) is 2.87. The summed E-state index contributed by atoms with van der Waals surface area (Å²) in [7, 11) is 0. The van der Waals surface area contributed by atoms with Gasteiger partial charge in [0.05, 0.1) is 11.8 Å². The molecule has 2 heterocycles. The van der Waals surface area contributed by atoms with Crippen LogP contribution in [-0.4, -0.2) is 32.0 Å². The topological polar surface area (TPSA) is 63.0 Å². The van der Waals surface area contributed by atoms with Crippen molar-refractivity contribution in [2.45, 2.75) is 45.9 Å². The van der Waals surface area contributed by atoms with Gasteiger partial charge in [0.25, 0.3) is 0 Å². The smallest absolute Gasteiger partial charge is 0.157 e. The summed E-state index contributed by atoms with van der Waals surface area (Å²) in [4.78, 5) is 4.48. The van der Waals surface area contributed by atoms with Gasteiger partial charge in [-0.3, -0.25) is 0 Å². The number of pyridine rings is 1. The zero-order valence-corrected chi connectivity index (χ0v) is 12.0. The molecule has 0 bridgehead atoms. The van der Waals surface area contributed by atoms with Crippen molar-refractivity contribution in [1.29, 1.82) is 0 Å². The molecule has 2 rings (SSSR count). The van der Waals surface area contributed by atoms with Crippen molar-refractivity contribution >= 4 is 11.0 Å². The predicted octanol–water partition coefficient (Wildman–Crippen LogP) is 1.87. The number of nitrogens with one attached hydrogen (secondary N) is 1. The second-order valence-electron chi connectivity index (χ2n) is 5.86. The van der Waals surface area contributed by atoms with Gasteiger partial charge < -0.3 is 10.4 Å². The van der Waals surface area contributed by atoms with Crippen LogP contribution in [0.4, 0.5) is 0 Å². The summed E-state index contributed by atoms with van der Waals surface area (Å²) >= 11 is 0. The molecule has 5 heteroatoms. The van der Waals surface area contributed by atoms with Gasteiger partial charge in [-0.1, -0.05) is 0 Å². The van der Waals surface area contributed by atoms with E-state index in [1.807, 2.05) is 17.1 Å². The minimum atomic E-state index is -0.694. The summed E-state index contributed by atoms with van der Waals surface area (Å²) in [5.74, 6) is 0. The van der Waals surface area contributed by atoms with E-state index in [2.05, 4.69) is 35.3 Å². The minimum Gasteiger partial charge on any atom is -0.389 e. The Bertz CT molecular complexity index is 554. The standard InChI is InChI=1S/C14H22N4O/c1-10(2)18-13-12(8-17-18)5-11(7-16-13)6-15-9-14(3,4)19/h5,7-8,10,15,19H,6,9H2,1-4H3. The highest BCUT2D eigenvalue weighted by molar-refractivity contribution is 5.75. The Kier molecular flexibility index (Phi) is 3.87. The molecule has 19 heavy (non-hydrogen) atoms. The molecule has 0 amide bonds. The number of fused-ring (bicyclic) bond motifs is 1. The van der Waals surface area contributed by atoms with Crippen molar-refractivity contribution in [2.24, 2.45) is 0 Å². The lowest BCUT2D eigenvalue weighted by Crippen LogP contribution is -2.34. The molecular formula is C14H22N4O. The highest BCUT2D eigenvalue weighted by atomic mass is 16.3. The molecule has 0 fully saturated rings. The summed E-state index contributed by atoms with van der Waals surface area (Å²) in [6.07, 6.45) is 3.71. The van der Waals surface area contributed by atoms with Gasteiger partial charge in [-0.15, -0.1) is 0 Å². The van der Waals surface area contributed by atoms with Crippen LogP contribution in [0.15, 0.2) is 18.5 Å². The van der Waals surface area contributed by atoms with E-state index in [0.717, 1.165) is 16.6 Å². The molecule has 0 saturated carbocycles. The second kappa shape index (κ2) is 5.27. The summed E-state index contributed by atoms with van der Waals surface area (Å²) in [5, 5.41) is 18.3. The summed E-state index contributed by atoms with van der Waals surface area (Å²) in [6, 6.07) is 2.40. The van der Waals surface area contributed by atoms with E-state index >= 15 is 0 Å². The van der Waals surface area contributed by atoms with E-state index in [4.69, 9.17) is 0 Å². The Morgan fingerprint density at radius 1 is 1.37 bits per heavy atom. The van der Waals surface area contributed by atoms with Gasteiger partial charge in [-0.05, 0) is 39.3 Å². The van der Waals surface area contributed by atoms with Gasteiger partial charge in [0, 0.05) is 30.7 Å². The van der Waals surface area contributed by atoms with Gasteiger partial charge >= 0.3 is 0 Å². The van der Waals surface area contributed by atoms with Crippen LogP contribution in [-0.2, 0) is 6.54 Å². The fourth-order valence-electron chi connectivity index (χ4n) is 1.97. The molecule has 0 saturated heterocycles. The van der Waals surface area contributed by atoms with Gasteiger partial charge in [0.1, 0.15) is 0 Å². The van der Waals surface area contributed by atoms with Crippen molar-refractivity contribution in [3.8, 4) is 0 Å². The Balaban J connectivity index is 2.10. The van der Waals surface area contributed by atoms with Crippen LogP contribution < -0.4 is 5.32 Å². The van der Waals surface area contributed by atoms with E-state index < -0.39 is 5.60 Å². The first-order valence-electron chi connectivity index (χ1n) is 6.62. The number of hydrogen-bond acceptors (Lipinski definition) is 4. The molecule has 0 aliphatic rings. The van der Waals surface area contributed by atoms with Crippen LogP contribution in [0.1, 0.15) is 39.3 Å². The van der Waals surface area contributed by atoms with E-state index in [9.17, 15) is 5.11 Å². The summed E-state index contributed by atoms with van der Waals surface area (Å²) in [6.45, 7) is 9.00. The highest BCUT2D eigenvalue weighted by Gasteiger charge is 2.12. The molecule has 5 nitrogen and oxygen atoms in total. The average molecular weight is 262 g/mol. The molecule has 0 aliphatic heterocycles. The highest BCUT2D eigenvalue weighted by Crippen LogP contribution is 2.16. The minimum absolute atomic E-state index is 0.309. The maximum absolute atomic E-state index is 9.64. The first-order chi connectivity index (χ1) is 8.87. The summed E-state index contributed by atoms with van der Waals surface area (Å²) < 4.78 is 1.92. The SMILES string of the molecule is CC(C)n1ncc2cc(CNCC(C)(C)O)cnc21. The van der Waals surface area contributed by atoms with Crippen molar-refractivity contribution in [3.05, 3.63) is 24.0 Å². The molecule has 2 aromatic heterocycles. The van der Waals surface area contributed by atoms with Crippen molar-refractivity contribution in [2.75, 3.05) is 6.54 Å². The van der Waals surface area contributed by atoms with Crippen LogP contribution in [0, 0.1) is 0 Å². The normalized spacial score (nSPS) is 12.5. The lowest BCUT2D eigenvalue weighted by Gasteiger charge is -2.17. The zero-order chi connectivity index (χ0) is 14.0. The van der Waals surface area contributed by atoms with E-state index in [1.165, 1.54) is 0 Å². The average Bonchev–Trinajstić information content (AvgIpc) is 2.70. The van der Waals surface area contributed by atoms with Gasteiger partial charge in [-0.25, -0.2) is 9.67 Å². The van der Waals surface area contributed by atoms with E-state index in [0.29, 0.717) is 19.1 Å². The molecule has 104 valence electrons. The monoisotopic (exact) mass is 262 g/mol. The lowest BCUT2D eigenvalue weighted by molar-refractivity contribution is 0.0795. The second-order valence-corrected chi connectivity index (χ2v) is 5.86. The van der Waals surface area contributed by atoms with Crippen LogP contribution in [0.5, 0.6) is 0 Å². The largest absolute Gasteiger partial charge is 0.389 e. The quantitative estimate of drug-likeness (QED) is 0.863. The molecule has 0 radical (unpaired) electrons. The molecule has 0 unspecified atom stereocenters. The number of hydrogen-bond donors (Lipinski definition) is 2. The maximum atomic E-state index is 9.64. The molecule has 0 spiro atoms. The van der Waals surface area contributed by atoms with Crippen LogP contribution in [0.3, 0.4) is 0 Å². The van der Waals surface area contributed by atoms with Crippen molar-refractivity contribution < 1.29 is 5.11 Å². The third kappa shape index (κ3) is 3.52. The number of aromatic nitrogens is 3. The van der Waals surface area contributed by atoms with Crippen molar-refractivity contribution in [3.63, 3.8) is 0 Å². The van der Waals surface area contributed by atoms with Gasteiger partial charge in [0.2, 0.25) is 0 Å². The third-order valence-corrected chi connectivity index (χ3v) is 2.87. The van der Waals surface area contributed by atoms with E-state index in [-0.39, 0.29) is 0 Å². The van der Waals surface area contributed by atoms with E-state index in [1.54, 1.807) is 13.8 Å². The number of nitrogens with zero attached hydrogens (tertiary/aromatic N) is 3. The predicted molar refractivity (Wildman–Crippen MR) is 75.9 cm³/mol. The number of rotatable bonds is 5. The molecule has 0 atom stereocenters. The molecule has 2 aromatic rings. The molecular weight excluding hydrogens is 240 g/mol.